The summed E-state index contributed by atoms with van der Waals surface area (Å²) in [6.07, 6.45) is 2.02. The van der Waals surface area contributed by atoms with Crippen molar-refractivity contribution in [1.82, 2.24) is 5.32 Å². The van der Waals surface area contributed by atoms with Gasteiger partial charge >= 0.3 is 0 Å². The number of hydrogen-bond donors (Lipinski definition) is 1. The lowest BCUT2D eigenvalue weighted by Crippen LogP contribution is -2.16. The van der Waals surface area contributed by atoms with Crippen molar-refractivity contribution >= 4 is 0 Å². The first kappa shape index (κ1) is 12.8. The first-order valence-electron chi connectivity index (χ1n) is 5.69. The van der Waals surface area contributed by atoms with Gasteiger partial charge in [0.1, 0.15) is 5.75 Å². The summed E-state index contributed by atoms with van der Waals surface area (Å²) in [7, 11) is 3.67. The Morgan fingerprint density at radius 1 is 1.38 bits per heavy atom. The van der Waals surface area contributed by atoms with E-state index in [1.165, 1.54) is 11.1 Å². The molecule has 0 aliphatic rings. The average Bonchev–Trinajstić information content (AvgIpc) is 2.35. The van der Waals surface area contributed by atoms with Crippen molar-refractivity contribution in [3.63, 3.8) is 0 Å². The van der Waals surface area contributed by atoms with E-state index in [0.717, 1.165) is 18.6 Å². The van der Waals surface area contributed by atoms with Crippen LogP contribution >= 0.6 is 0 Å². The molecule has 0 radical (unpaired) electrons. The lowest BCUT2D eigenvalue weighted by atomic mass is 9.98. The molecule has 0 aliphatic carbocycles. The lowest BCUT2D eigenvalue weighted by Gasteiger charge is -2.17. The van der Waals surface area contributed by atoms with Crippen LogP contribution in [-0.4, -0.2) is 14.2 Å². The predicted molar refractivity (Wildman–Crippen MR) is 68.8 cm³/mol. The van der Waals surface area contributed by atoms with Gasteiger partial charge in [-0.1, -0.05) is 31.2 Å². The second-order valence-electron chi connectivity index (χ2n) is 3.92. The van der Waals surface area contributed by atoms with Gasteiger partial charge in [0.05, 0.1) is 7.11 Å². The number of benzene rings is 1. The van der Waals surface area contributed by atoms with Gasteiger partial charge in [0.25, 0.3) is 0 Å². The summed E-state index contributed by atoms with van der Waals surface area (Å²) >= 11 is 0. The molecule has 0 aromatic heterocycles. The summed E-state index contributed by atoms with van der Waals surface area (Å²) in [6, 6.07) is 8.53. The molecule has 2 nitrogen and oxygen atoms in total. The number of methoxy groups -OCH3 is 1. The zero-order chi connectivity index (χ0) is 12.0. The molecule has 88 valence electrons. The van der Waals surface area contributed by atoms with Crippen molar-refractivity contribution < 1.29 is 4.74 Å². The zero-order valence-electron chi connectivity index (χ0n) is 10.4. The Morgan fingerprint density at radius 3 is 2.44 bits per heavy atom. The van der Waals surface area contributed by atoms with Crippen LogP contribution in [0.3, 0.4) is 0 Å². The number of hydrogen-bond acceptors (Lipinski definition) is 2. The molecule has 0 aliphatic heterocycles. The van der Waals surface area contributed by atoms with Crippen molar-refractivity contribution in [2.24, 2.45) is 0 Å². The Hall–Kier alpha value is -1.28. The van der Waals surface area contributed by atoms with Gasteiger partial charge in [-0.05, 0) is 37.6 Å². The number of rotatable bonds is 6. The minimum atomic E-state index is 0.346. The third-order valence-corrected chi connectivity index (χ3v) is 2.86. The second-order valence-corrected chi connectivity index (χ2v) is 3.92. The molecule has 16 heavy (non-hydrogen) atoms. The third-order valence-electron chi connectivity index (χ3n) is 2.86. The van der Waals surface area contributed by atoms with Crippen LogP contribution in [0.25, 0.3) is 0 Å². The smallest absolute Gasteiger partial charge is 0.118 e. The van der Waals surface area contributed by atoms with Crippen molar-refractivity contribution in [2.45, 2.75) is 25.8 Å². The van der Waals surface area contributed by atoms with E-state index in [2.05, 4.69) is 31.0 Å². The fraction of sp³-hybridized carbons (Fsp3) is 0.429. The van der Waals surface area contributed by atoms with Gasteiger partial charge in [-0.3, -0.25) is 0 Å². The van der Waals surface area contributed by atoms with Crippen molar-refractivity contribution in [3.05, 3.63) is 42.0 Å². The van der Waals surface area contributed by atoms with E-state index in [1.807, 2.05) is 19.2 Å². The molecule has 1 aromatic rings. The summed E-state index contributed by atoms with van der Waals surface area (Å²) in [5, 5.41) is 3.32. The van der Waals surface area contributed by atoms with E-state index >= 15 is 0 Å². The first-order valence-corrected chi connectivity index (χ1v) is 5.69. The normalized spacial score (nSPS) is 12.2. The minimum Gasteiger partial charge on any atom is -0.497 e. The summed E-state index contributed by atoms with van der Waals surface area (Å²) in [4.78, 5) is 0. The van der Waals surface area contributed by atoms with Gasteiger partial charge < -0.3 is 10.1 Å². The first-order chi connectivity index (χ1) is 7.71. The average molecular weight is 219 g/mol. The van der Waals surface area contributed by atoms with Crippen LogP contribution in [0.4, 0.5) is 0 Å². The van der Waals surface area contributed by atoms with E-state index < -0.39 is 0 Å². The molecule has 1 unspecified atom stereocenters. The fourth-order valence-corrected chi connectivity index (χ4v) is 1.66. The van der Waals surface area contributed by atoms with Crippen LogP contribution in [-0.2, 0) is 0 Å². The van der Waals surface area contributed by atoms with Crippen LogP contribution in [0.5, 0.6) is 5.75 Å². The van der Waals surface area contributed by atoms with Gasteiger partial charge in [0, 0.05) is 6.04 Å². The lowest BCUT2D eigenvalue weighted by molar-refractivity contribution is 0.414. The SMILES string of the molecule is C=C(CC)CC(NC)c1ccc(OC)cc1. The summed E-state index contributed by atoms with van der Waals surface area (Å²) in [6.45, 7) is 6.20. The number of ether oxygens (including phenoxy) is 1. The Morgan fingerprint density at radius 2 is 2.00 bits per heavy atom. The quantitative estimate of drug-likeness (QED) is 0.741. The molecular formula is C14H21NO. The van der Waals surface area contributed by atoms with Gasteiger partial charge in [-0.2, -0.15) is 0 Å². The monoisotopic (exact) mass is 219 g/mol. The van der Waals surface area contributed by atoms with Crippen LogP contribution in [0.2, 0.25) is 0 Å². The second kappa shape index (κ2) is 6.33. The summed E-state index contributed by atoms with van der Waals surface area (Å²) in [5.74, 6) is 0.896. The van der Waals surface area contributed by atoms with E-state index in [9.17, 15) is 0 Å². The van der Waals surface area contributed by atoms with E-state index in [1.54, 1.807) is 7.11 Å². The molecular weight excluding hydrogens is 198 g/mol. The topological polar surface area (TPSA) is 21.3 Å². The highest BCUT2D eigenvalue weighted by Crippen LogP contribution is 2.23. The molecule has 0 heterocycles. The molecule has 0 saturated carbocycles. The number of nitrogens with one attached hydrogen (secondary N) is 1. The molecule has 1 N–H and O–H groups in total. The van der Waals surface area contributed by atoms with Gasteiger partial charge in [0.15, 0.2) is 0 Å². The molecule has 1 aromatic carbocycles. The van der Waals surface area contributed by atoms with Gasteiger partial charge in [-0.25, -0.2) is 0 Å². The molecule has 0 amide bonds. The highest BCUT2D eigenvalue weighted by atomic mass is 16.5. The van der Waals surface area contributed by atoms with E-state index in [0.29, 0.717) is 6.04 Å². The minimum absolute atomic E-state index is 0.346. The van der Waals surface area contributed by atoms with Crippen LogP contribution in [0.15, 0.2) is 36.4 Å². The Kier molecular flexibility index (Phi) is 5.06. The maximum absolute atomic E-state index is 5.15. The maximum Gasteiger partial charge on any atom is 0.118 e. The van der Waals surface area contributed by atoms with Gasteiger partial charge in [-0.15, -0.1) is 0 Å². The molecule has 0 bridgehead atoms. The molecule has 2 heteroatoms. The van der Waals surface area contributed by atoms with Gasteiger partial charge in [0.2, 0.25) is 0 Å². The van der Waals surface area contributed by atoms with Crippen LogP contribution in [0.1, 0.15) is 31.4 Å². The highest BCUT2D eigenvalue weighted by molar-refractivity contribution is 5.29. The summed E-state index contributed by atoms with van der Waals surface area (Å²) < 4.78 is 5.15. The predicted octanol–water partition coefficient (Wildman–Crippen LogP) is 3.31. The zero-order valence-corrected chi connectivity index (χ0v) is 10.4. The van der Waals surface area contributed by atoms with Crippen molar-refractivity contribution in [2.75, 3.05) is 14.2 Å². The largest absolute Gasteiger partial charge is 0.497 e. The Balaban J connectivity index is 2.74. The fourth-order valence-electron chi connectivity index (χ4n) is 1.66. The highest BCUT2D eigenvalue weighted by Gasteiger charge is 2.09. The molecule has 0 spiro atoms. The molecule has 0 fully saturated rings. The molecule has 1 rings (SSSR count). The van der Waals surface area contributed by atoms with E-state index in [4.69, 9.17) is 4.74 Å². The van der Waals surface area contributed by atoms with E-state index in [-0.39, 0.29) is 0 Å². The maximum atomic E-state index is 5.15. The molecule has 0 saturated heterocycles. The van der Waals surface area contributed by atoms with Crippen LogP contribution in [0, 0.1) is 0 Å². The Labute approximate surface area is 98.3 Å². The standard InChI is InChI=1S/C14H21NO/c1-5-11(2)10-14(15-3)12-6-8-13(16-4)9-7-12/h6-9,14-15H,2,5,10H2,1,3-4H3. The molecule has 1 atom stereocenters. The third kappa shape index (κ3) is 3.38. The van der Waals surface area contributed by atoms with Crippen molar-refractivity contribution in [3.8, 4) is 5.75 Å². The summed E-state index contributed by atoms with van der Waals surface area (Å²) in [5.41, 5.74) is 2.55. The van der Waals surface area contributed by atoms with Crippen molar-refractivity contribution in [1.29, 1.82) is 0 Å². The van der Waals surface area contributed by atoms with Crippen LogP contribution < -0.4 is 10.1 Å². The Bertz CT molecular complexity index is 329.